The van der Waals surface area contributed by atoms with Crippen LogP contribution in [0.15, 0.2) is 24.0 Å². The molecule has 0 radical (unpaired) electrons. The molecule has 0 bridgehead atoms. The van der Waals surface area contributed by atoms with E-state index in [9.17, 15) is 0 Å². The Balaban J connectivity index is 1.88. The first-order chi connectivity index (χ1) is 7.25. The van der Waals surface area contributed by atoms with Gasteiger partial charge in [-0.2, -0.15) is 5.10 Å². The molecule has 0 saturated heterocycles. The largest absolute Gasteiger partial charge is 0.304 e. The third-order valence-corrected chi connectivity index (χ3v) is 3.15. The van der Waals surface area contributed by atoms with Crippen LogP contribution in [0.3, 0.4) is 0 Å². The first-order valence-corrected chi connectivity index (χ1v) is 5.74. The maximum Gasteiger partial charge on any atom is 0.109 e. The number of aromatic nitrogens is 3. The van der Waals surface area contributed by atoms with E-state index in [0.29, 0.717) is 6.04 Å². The Hall–Kier alpha value is -1.20. The predicted octanol–water partition coefficient (Wildman–Crippen LogP) is 1.73. The molecule has 0 spiro atoms. The average Bonchev–Trinajstić information content (AvgIpc) is 2.84. The fourth-order valence-corrected chi connectivity index (χ4v) is 2.04. The van der Waals surface area contributed by atoms with Crippen molar-refractivity contribution >= 4 is 11.3 Å². The molecule has 0 aliphatic carbocycles. The number of rotatable bonds is 4. The summed E-state index contributed by atoms with van der Waals surface area (Å²) in [6, 6.07) is 0.296. The van der Waals surface area contributed by atoms with Crippen LogP contribution in [0.4, 0.5) is 0 Å². The van der Waals surface area contributed by atoms with Crippen molar-refractivity contribution in [2.24, 2.45) is 7.05 Å². The number of hydrogen-bond acceptors (Lipinski definition) is 4. The zero-order chi connectivity index (χ0) is 10.7. The van der Waals surface area contributed by atoms with Crippen molar-refractivity contribution in [3.8, 4) is 0 Å². The number of hydrogen-bond donors (Lipinski definition) is 1. The van der Waals surface area contributed by atoms with Crippen LogP contribution in [0.1, 0.15) is 23.5 Å². The molecular weight excluding hydrogens is 208 g/mol. The van der Waals surface area contributed by atoms with E-state index in [-0.39, 0.29) is 0 Å². The van der Waals surface area contributed by atoms with Gasteiger partial charge in [-0.05, 0) is 6.92 Å². The maximum absolute atomic E-state index is 4.27. The molecule has 80 valence electrons. The molecular formula is C10H14N4S. The molecule has 0 aliphatic rings. The molecule has 1 N–H and O–H groups in total. The highest BCUT2D eigenvalue weighted by atomic mass is 32.1. The molecule has 0 aromatic carbocycles. The average molecular weight is 222 g/mol. The first-order valence-electron chi connectivity index (χ1n) is 4.86. The van der Waals surface area contributed by atoms with Gasteiger partial charge in [-0.1, -0.05) is 0 Å². The minimum atomic E-state index is 0.296. The third kappa shape index (κ3) is 2.64. The molecule has 2 rings (SSSR count). The Morgan fingerprint density at radius 3 is 3.07 bits per heavy atom. The van der Waals surface area contributed by atoms with Crippen molar-refractivity contribution in [2.45, 2.75) is 19.5 Å². The lowest BCUT2D eigenvalue weighted by molar-refractivity contribution is 0.571. The van der Waals surface area contributed by atoms with E-state index in [1.54, 1.807) is 11.3 Å². The van der Waals surface area contributed by atoms with Crippen molar-refractivity contribution in [3.63, 3.8) is 0 Å². The lowest BCUT2D eigenvalue weighted by atomic mass is 10.3. The second-order valence-electron chi connectivity index (χ2n) is 3.50. The summed E-state index contributed by atoms with van der Waals surface area (Å²) in [5, 5.41) is 10.7. The summed E-state index contributed by atoms with van der Waals surface area (Å²) in [4.78, 5) is 4.27. The molecule has 2 aromatic rings. The van der Waals surface area contributed by atoms with E-state index >= 15 is 0 Å². The van der Waals surface area contributed by atoms with Gasteiger partial charge in [-0.25, -0.2) is 4.98 Å². The van der Waals surface area contributed by atoms with Gasteiger partial charge in [0.1, 0.15) is 5.01 Å². The van der Waals surface area contributed by atoms with Gasteiger partial charge in [0, 0.05) is 36.9 Å². The van der Waals surface area contributed by atoms with Crippen molar-refractivity contribution in [1.82, 2.24) is 20.1 Å². The molecule has 4 nitrogen and oxygen atoms in total. The van der Waals surface area contributed by atoms with Crippen LogP contribution in [-0.4, -0.2) is 14.8 Å². The highest BCUT2D eigenvalue weighted by Gasteiger charge is 2.07. The van der Waals surface area contributed by atoms with Crippen LogP contribution >= 0.6 is 11.3 Å². The minimum Gasteiger partial charge on any atom is -0.304 e. The third-order valence-electron chi connectivity index (χ3n) is 2.19. The van der Waals surface area contributed by atoms with Crippen LogP contribution < -0.4 is 5.32 Å². The topological polar surface area (TPSA) is 42.7 Å². The van der Waals surface area contributed by atoms with E-state index in [1.165, 1.54) is 5.56 Å². The second-order valence-corrected chi connectivity index (χ2v) is 4.42. The molecule has 0 amide bonds. The van der Waals surface area contributed by atoms with E-state index in [0.717, 1.165) is 11.6 Å². The van der Waals surface area contributed by atoms with Gasteiger partial charge < -0.3 is 5.32 Å². The highest BCUT2D eigenvalue weighted by molar-refractivity contribution is 7.09. The number of nitrogens with zero attached hydrogens (tertiary/aromatic N) is 3. The van der Waals surface area contributed by atoms with Crippen LogP contribution in [-0.2, 0) is 13.6 Å². The van der Waals surface area contributed by atoms with Gasteiger partial charge in [-0.3, -0.25) is 4.68 Å². The molecule has 0 fully saturated rings. The molecule has 0 saturated carbocycles. The lowest BCUT2D eigenvalue weighted by Crippen LogP contribution is -2.17. The van der Waals surface area contributed by atoms with Crippen molar-refractivity contribution in [1.29, 1.82) is 0 Å². The zero-order valence-corrected chi connectivity index (χ0v) is 9.66. The van der Waals surface area contributed by atoms with Crippen LogP contribution in [0.2, 0.25) is 0 Å². The van der Waals surface area contributed by atoms with Crippen molar-refractivity contribution < 1.29 is 0 Å². The summed E-state index contributed by atoms with van der Waals surface area (Å²) in [5.74, 6) is 0. The van der Waals surface area contributed by atoms with E-state index in [4.69, 9.17) is 0 Å². The van der Waals surface area contributed by atoms with Gasteiger partial charge in [-0.15, -0.1) is 11.3 Å². The Kier molecular flexibility index (Phi) is 3.13. The Labute approximate surface area is 93.0 Å². The van der Waals surface area contributed by atoms with E-state index in [2.05, 4.69) is 22.3 Å². The van der Waals surface area contributed by atoms with Gasteiger partial charge >= 0.3 is 0 Å². The Bertz CT molecular complexity index is 407. The fraction of sp³-hybridized carbons (Fsp3) is 0.400. The predicted molar refractivity (Wildman–Crippen MR) is 60.6 cm³/mol. The maximum atomic E-state index is 4.27. The zero-order valence-electron chi connectivity index (χ0n) is 8.84. The van der Waals surface area contributed by atoms with Crippen LogP contribution in [0, 0.1) is 0 Å². The molecule has 1 atom stereocenters. The molecule has 15 heavy (non-hydrogen) atoms. The first kappa shape index (κ1) is 10.3. The lowest BCUT2D eigenvalue weighted by Gasteiger charge is -2.09. The van der Waals surface area contributed by atoms with Gasteiger partial charge in [0.25, 0.3) is 0 Å². The highest BCUT2D eigenvalue weighted by Crippen LogP contribution is 2.15. The molecule has 1 unspecified atom stereocenters. The Morgan fingerprint density at radius 1 is 1.60 bits per heavy atom. The quantitative estimate of drug-likeness (QED) is 0.856. The van der Waals surface area contributed by atoms with E-state index < -0.39 is 0 Å². The van der Waals surface area contributed by atoms with Crippen LogP contribution in [0.5, 0.6) is 0 Å². The smallest absolute Gasteiger partial charge is 0.109 e. The summed E-state index contributed by atoms with van der Waals surface area (Å²) in [5.41, 5.74) is 1.20. The summed E-state index contributed by atoms with van der Waals surface area (Å²) in [6.07, 6.45) is 5.73. The van der Waals surface area contributed by atoms with Gasteiger partial charge in [0.2, 0.25) is 0 Å². The minimum absolute atomic E-state index is 0.296. The van der Waals surface area contributed by atoms with E-state index in [1.807, 2.05) is 35.7 Å². The molecule has 5 heteroatoms. The fourth-order valence-electron chi connectivity index (χ4n) is 1.37. The number of aryl methyl sites for hydroxylation is 1. The summed E-state index contributed by atoms with van der Waals surface area (Å²) < 4.78 is 1.81. The van der Waals surface area contributed by atoms with Crippen molar-refractivity contribution in [3.05, 3.63) is 34.5 Å². The summed E-state index contributed by atoms with van der Waals surface area (Å²) >= 11 is 1.68. The number of thiazole rings is 1. The van der Waals surface area contributed by atoms with Crippen molar-refractivity contribution in [2.75, 3.05) is 0 Å². The summed E-state index contributed by atoms with van der Waals surface area (Å²) in [6.45, 7) is 2.95. The van der Waals surface area contributed by atoms with Gasteiger partial charge in [0.05, 0.1) is 12.2 Å². The molecule has 0 aliphatic heterocycles. The standard InChI is InChI=1S/C10H14N4S/c1-8(10-11-3-4-15-10)12-5-9-6-13-14(2)7-9/h3-4,6-8,12H,5H2,1-2H3. The monoisotopic (exact) mass is 222 g/mol. The van der Waals surface area contributed by atoms with Gasteiger partial charge in [0.15, 0.2) is 0 Å². The molecule has 2 aromatic heterocycles. The Morgan fingerprint density at radius 2 is 2.47 bits per heavy atom. The summed E-state index contributed by atoms with van der Waals surface area (Å²) in [7, 11) is 1.92. The SMILES string of the molecule is CC(NCc1cnn(C)c1)c1nccs1. The van der Waals surface area contributed by atoms with Crippen LogP contribution in [0.25, 0.3) is 0 Å². The molecule has 2 heterocycles. The second kappa shape index (κ2) is 4.55. The normalized spacial score (nSPS) is 12.9. The number of nitrogens with one attached hydrogen (secondary N) is 1.